The Morgan fingerprint density at radius 3 is 2.89 bits per heavy atom. The van der Waals surface area contributed by atoms with Crippen molar-refractivity contribution in [2.75, 3.05) is 11.9 Å². The first kappa shape index (κ1) is 13.0. The standard InChI is InChI=1S/C12H15N5O2/c1-9-3-4-11(17(18)19)10(7-9)13-6-5-12-15-14-8-16(12)2/h3-4,7-8,13H,5-6H2,1-2H3. The Kier molecular flexibility index (Phi) is 3.74. The monoisotopic (exact) mass is 261 g/mol. The molecule has 0 bridgehead atoms. The fourth-order valence-corrected chi connectivity index (χ4v) is 1.79. The average molecular weight is 261 g/mol. The minimum atomic E-state index is -0.385. The van der Waals surface area contributed by atoms with Crippen molar-refractivity contribution >= 4 is 11.4 Å². The third kappa shape index (κ3) is 3.06. The lowest BCUT2D eigenvalue weighted by atomic mass is 10.2. The molecule has 0 unspecified atom stereocenters. The van der Waals surface area contributed by atoms with Gasteiger partial charge in [-0.2, -0.15) is 0 Å². The van der Waals surface area contributed by atoms with Crippen molar-refractivity contribution in [3.8, 4) is 0 Å². The van der Waals surface area contributed by atoms with Gasteiger partial charge in [-0.05, 0) is 18.6 Å². The van der Waals surface area contributed by atoms with Crippen molar-refractivity contribution in [1.29, 1.82) is 0 Å². The second-order valence-electron chi connectivity index (χ2n) is 4.31. The van der Waals surface area contributed by atoms with E-state index in [1.165, 1.54) is 6.07 Å². The van der Waals surface area contributed by atoms with Crippen LogP contribution in [0.15, 0.2) is 24.5 Å². The van der Waals surface area contributed by atoms with Gasteiger partial charge in [-0.25, -0.2) is 0 Å². The fraction of sp³-hybridized carbons (Fsp3) is 0.333. The highest BCUT2D eigenvalue weighted by Gasteiger charge is 2.13. The molecule has 1 aromatic carbocycles. The number of aryl methyl sites for hydroxylation is 2. The zero-order valence-electron chi connectivity index (χ0n) is 10.8. The van der Waals surface area contributed by atoms with Gasteiger partial charge in [0, 0.05) is 26.1 Å². The lowest BCUT2D eigenvalue weighted by Crippen LogP contribution is -2.10. The van der Waals surface area contributed by atoms with Gasteiger partial charge in [0.1, 0.15) is 17.8 Å². The number of benzene rings is 1. The van der Waals surface area contributed by atoms with Crippen LogP contribution in [0.4, 0.5) is 11.4 Å². The van der Waals surface area contributed by atoms with E-state index < -0.39 is 0 Å². The summed E-state index contributed by atoms with van der Waals surface area (Å²) < 4.78 is 1.83. The van der Waals surface area contributed by atoms with E-state index in [1.54, 1.807) is 18.5 Å². The maximum absolute atomic E-state index is 10.9. The summed E-state index contributed by atoms with van der Waals surface area (Å²) in [6.45, 7) is 2.47. The summed E-state index contributed by atoms with van der Waals surface area (Å²) in [7, 11) is 1.87. The topological polar surface area (TPSA) is 85.9 Å². The maximum Gasteiger partial charge on any atom is 0.292 e. The molecule has 1 heterocycles. The molecule has 100 valence electrons. The maximum atomic E-state index is 10.9. The highest BCUT2D eigenvalue weighted by Crippen LogP contribution is 2.24. The molecule has 0 aliphatic carbocycles. The number of rotatable bonds is 5. The molecular weight excluding hydrogens is 246 g/mol. The quantitative estimate of drug-likeness (QED) is 0.653. The molecule has 7 heteroatoms. The molecule has 0 atom stereocenters. The van der Waals surface area contributed by atoms with E-state index >= 15 is 0 Å². The Balaban J connectivity index is 2.05. The van der Waals surface area contributed by atoms with Crippen molar-refractivity contribution in [2.45, 2.75) is 13.3 Å². The van der Waals surface area contributed by atoms with Crippen LogP contribution < -0.4 is 5.32 Å². The van der Waals surface area contributed by atoms with Crippen molar-refractivity contribution < 1.29 is 4.92 Å². The van der Waals surface area contributed by atoms with E-state index in [2.05, 4.69) is 15.5 Å². The van der Waals surface area contributed by atoms with E-state index in [1.807, 2.05) is 18.5 Å². The molecule has 2 rings (SSSR count). The molecule has 0 fully saturated rings. The minimum absolute atomic E-state index is 0.0866. The van der Waals surface area contributed by atoms with Crippen molar-refractivity contribution in [3.63, 3.8) is 0 Å². The second-order valence-corrected chi connectivity index (χ2v) is 4.31. The van der Waals surface area contributed by atoms with E-state index in [-0.39, 0.29) is 10.6 Å². The fourth-order valence-electron chi connectivity index (χ4n) is 1.79. The van der Waals surface area contributed by atoms with Gasteiger partial charge in [0.15, 0.2) is 0 Å². The van der Waals surface area contributed by atoms with Gasteiger partial charge in [-0.1, -0.05) is 6.07 Å². The number of nitrogens with one attached hydrogen (secondary N) is 1. The minimum Gasteiger partial charge on any atom is -0.379 e. The average Bonchev–Trinajstić information content (AvgIpc) is 2.75. The van der Waals surface area contributed by atoms with E-state index in [0.29, 0.717) is 18.7 Å². The summed E-state index contributed by atoms with van der Waals surface area (Å²) >= 11 is 0. The Bertz CT molecular complexity index is 594. The van der Waals surface area contributed by atoms with Gasteiger partial charge >= 0.3 is 0 Å². The number of aromatic nitrogens is 3. The molecule has 2 aromatic rings. The Morgan fingerprint density at radius 1 is 1.47 bits per heavy atom. The normalized spacial score (nSPS) is 10.4. The molecule has 0 amide bonds. The SMILES string of the molecule is Cc1ccc([N+](=O)[O-])c(NCCc2nncn2C)c1. The highest BCUT2D eigenvalue weighted by atomic mass is 16.6. The molecular formula is C12H15N5O2. The van der Waals surface area contributed by atoms with Crippen LogP contribution in [0.5, 0.6) is 0 Å². The van der Waals surface area contributed by atoms with E-state index in [4.69, 9.17) is 0 Å². The number of nitro benzene ring substituents is 1. The summed E-state index contributed by atoms with van der Waals surface area (Å²) in [5, 5.41) is 21.7. The van der Waals surface area contributed by atoms with Crippen LogP contribution in [-0.4, -0.2) is 26.2 Å². The van der Waals surface area contributed by atoms with Crippen LogP contribution in [0.25, 0.3) is 0 Å². The Hall–Kier alpha value is -2.44. The molecule has 0 saturated heterocycles. The number of nitrogens with zero attached hydrogens (tertiary/aromatic N) is 4. The number of hydrogen-bond donors (Lipinski definition) is 1. The van der Waals surface area contributed by atoms with Crippen molar-refractivity contribution in [1.82, 2.24) is 14.8 Å². The molecule has 0 spiro atoms. The highest BCUT2D eigenvalue weighted by molar-refractivity contribution is 5.62. The van der Waals surface area contributed by atoms with Crippen LogP contribution >= 0.6 is 0 Å². The van der Waals surface area contributed by atoms with Gasteiger partial charge < -0.3 is 9.88 Å². The van der Waals surface area contributed by atoms with Crippen LogP contribution in [0.1, 0.15) is 11.4 Å². The van der Waals surface area contributed by atoms with Crippen LogP contribution in [-0.2, 0) is 13.5 Å². The number of nitro groups is 1. The molecule has 0 saturated carbocycles. The molecule has 0 aliphatic rings. The summed E-state index contributed by atoms with van der Waals surface area (Å²) in [5.41, 5.74) is 1.60. The van der Waals surface area contributed by atoms with Gasteiger partial charge in [-0.15, -0.1) is 10.2 Å². The summed E-state index contributed by atoms with van der Waals surface area (Å²) in [4.78, 5) is 10.5. The first-order valence-electron chi connectivity index (χ1n) is 5.89. The Morgan fingerprint density at radius 2 is 2.26 bits per heavy atom. The second kappa shape index (κ2) is 5.47. The van der Waals surface area contributed by atoms with Crippen molar-refractivity contribution in [3.05, 3.63) is 46.0 Å². The van der Waals surface area contributed by atoms with Crippen LogP contribution in [0.2, 0.25) is 0 Å². The van der Waals surface area contributed by atoms with Gasteiger partial charge in [0.05, 0.1) is 4.92 Å². The molecule has 0 aliphatic heterocycles. The summed E-state index contributed by atoms with van der Waals surface area (Å²) in [6, 6.07) is 5.01. The zero-order chi connectivity index (χ0) is 13.8. The lowest BCUT2D eigenvalue weighted by molar-refractivity contribution is -0.384. The van der Waals surface area contributed by atoms with Crippen LogP contribution in [0.3, 0.4) is 0 Å². The summed E-state index contributed by atoms with van der Waals surface area (Å²) in [5.74, 6) is 0.836. The number of anilines is 1. The molecule has 19 heavy (non-hydrogen) atoms. The van der Waals surface area contributed by atoms with Gasteiger partial charge in [0.25, 0.3) is 5.69 Å². The number of hydrogen-bond acceptors (Lipinski definition) is 5. The molecule has 0 radical (unpaired) electrons. The predicted molar refractivity (Wildman–Crippen MR) is 71.0 cm³/mol. The van der Waals surface area contributed by atoms with E-state index in [9.17, 15) is 10.1 Å². The lowest BCUT2D eigenvalue weighted by Gasteiger charge is -2.07. The first-order valence-corrected chi connectivity index (χ1v) is 5.89. The van der Waals surface area contributed by atoms with Crippen LogP contribution in [0, 0.1) is 17.0 Å². The van der Waals surface area contributed by atoms with E-state index in [0.717, 1.165) is 11.4 Å². The van der Waals surface area contributed by atoms with Gasteiger partial charge in [0.2, 0.25) is 0 Å². The first-order chi connectivity index (χ1) is 9.08. The van der Waals surface area contributed by atoms with Gasteiger partial charge in [-0.3, -0.25) is 10.1 Å². The third-order valence-electron chi connectivity index (χ3n) is 2.82. The Labute approximate surface area is 110 Å². The third-order valence-corrected chi connectivity index (χ3v) is 2.82. The smallest absolute Gasteiger partial charge is 0.292 e. The summed E-state index contributed by atoms with van der Waals surface area (Å²) in [6.07, 6.45) is 2.28. The predicted octanol–water partition coefficient (Wildman–Crippen LogP) is 1.69. The molecule has 7 nitrogen and oxygen atoms in total. The largest absolute Gasteiger partial charge is 0.379 e. The molecule has 1 aromatic heterocycles. The van der Waals surface area contributed by atoms with Crippen molar-refractivity contribution in [2.24, 2.45) is 7.05 Å². The zero-order valence-corrected chi connectivity index (χ0v) is 10.8. The molecule has 1 N–H and O–H groups in total.